The van der Waals surface area contributed by atoms with Crippen molar-refractivity contribution in [1.29, 1.82) is 0 Å². The predicted octanol–water partition coefficient (Wildman–Crippen LogP) is 2.93. The van der Waals surface area contributed by atoms with Gasteiger partial charge in [0.25, 0.3) is 5.91 Å². The van der Waals surface area contributed by atoms with Gasteiger partial charge >= 0.3 is 6.03 Å². The van der Waals surface area contributed by atoms with Gasteiger partial charge in [-0.15, -0.1) is 0 Å². The number of ether oxygens (including phenoxy) is 1. The molecule has 4 amide bonds. The van der Waals surface area contributed by atoms with E-state index in [0.29, 0.717) is 37.0 Å². The van der Waals surface area contributed by atoms with E-state index in [1.54, 1.807) is 6.20 Å². The third kappa shape index (κ3) is 4.06. The van der Waals surface area contributed by atoms with Crippen molar-refractivity contribution in [3.63, 3.8) is 0 Å². The SMILES string of the molecule is CC(C)C1C(=O)N(c2ccc(F)nc2)C(=O)N1c1cn2c(n1)-c1ccc(N3CCC[C@H]3C(N)=O)cc1OCC2. The Morgan fingerprint density at radius 3 is 2.67 bits per heavy atom. The fourth-order valence-corrected chi connectivity index (χ4v) is 5.65. The number of primary amides is 1. The summed E-state index contributed by atoms with van der Waals surface area (Å²) in [6, 6.07) is 6.45. The van der Waals surface area contributed by atoms with Crippen molar-refractivity contribution in [2.24, 2.45) is 11.7 Å². The molecule has 0 spiro atoms. The minimum absolute atomic E-state index is 0.197. The second-order valence-electron chi connectivity index (χ2n) is 10.3. The van der Waals surface area contributed by atoms with Crippen LogP contribution in [0.25, 0.3) is 11.4 Å². The smallest absolute Gasteiger partial charge is 0.337 e. The molecule has 2 fully saturated rings. The van der Waals surface area contributed by atoms with Crippen molar-refractivity contribution < 1.29 is 23.5 Å². The van der Waals surface area contributed by atoms with E-state index in [9.17, 15) is 18.8 Å². The average Bonchev–Trinajstić information content (AvgIpc) is 3.59. The van der Waals surface area contributed by atoms with Gasteiger partial charge in [0.2, 0.25) is 11.9 Å². The lowest BCUT2D eigenvalue weighted by atomic mass is 10.0. The molecule has 0 radical (unpaired) electrons. The van der Waals surface area contributed by atoms with Crippen LogP contribution >= 0.6 is 0 Å². The third-order valence-corrected chi connectivity index (χ3v) is 7.47. The van der Waals surface area contributed by atoms with Crippen LogP contribution in [0, 0.1) is 11.9 Å². The molecule has 3 aliphatic heterocycles. The summed E-state index contributed by atoms with van der Waals surface area (Å²) in [5.41, 5.74) is 7.39. The number of nitrogens with two attached hydrogens (primary N) is 1. The number of anilines is 3. The van der Waals surface area contributed by atoms with Crippen LogP contribution in [-0.2, 0) is 16.1 Å². The number of fused-ring (bicyclic) bond motifs is 3. The van der Waals surface area contributed by atoms with Gasteiger partial charge < -0.3 is 19.9 Å². The zero-order valence-corrected chi connectivity index (χ0v) is 21.6. The Morgan fingerprint density at radius 1 is 1.15 bits per heavy atom. The highest BCUT2D eigenvalue weighted by molar-refractivity contribution is 6.28. The van der Waals surface area contributed by atoms with Crippen LogP contribution in [0.4, 0.5) is 26.4 Å². The van der Waals surface area contributed by atoms with Crippen LogP contribution in [0.5, 0.6) is 5.75 Å². The first-order valence-electron chi connectivity index (χ1n) is 12.9. The van der Waals surface area contributed by atoms with E-state index in [0.717, 1.165) is 35.2 Å². The summed E-state index contributed by atoms with van der Waals surface area (Å²) in [6.07, 6.45) is 4.51. The van der Waals surface area contributed by atoms with Gasteiger partial charge in [-0.1, -0.05) is 13.8 Å². The van der Waals surface area contributed by atoms with Crippen LogP contribution in [0.15, 0.2) is 42.7 Å². The molecule has 2 atom stereocenters. The molecule has 3 aliphatic rings. The van der Waals surface area contributed by atoms with Crippen LogP contribution < -0.4 is 25.2 Å². The second kappa shape index (κ2) is 9.37. The van der Waals surface area contributed by atoms with Gasteiger partial charge in [0.05, 0.1) is 24.0 Å². The van der Waals surface area contributed by atoms with Crippen LogP contribution in [0.1, 0.15) is 26.7 Å². The van der Waals surface area contributed by atoms with Crippen molar-refractivity contribution in [3.05, 3.63) is 48.7 Å². The van der Waals surface area contributed by atoms with Gasteiger partial charge in [-0.25, -0.2) is 19.7 Å². The number of pyridine rings is 1. The van der Waals surface area contributed by atoms with Crippen LogP contribution in [0.3, 0.4) is 0 Å². The van der Waals surface area contributed by atoms with E-state index < -0.39 is 23.9 Å². The van der Waals surface area contributed by atoms with Crippen LogP contribution in [-0.4, -0.2) is 57.6 Å². The molecule has 39 heavy (non-hydrogen) atoms. The van der Waals surface area contributed by atoms with Crippen molar-refractivity contribution in [1.82, 2.24) is 14.5 Å². The quantitative estimate of drug-likeness (QED) is 0.395. The largest absolute Gasteiger partial charge is 0.491 e. The molecule has 1 unspecified atom stereocenters. The average molecular weight is 534 g/mol. The fourth-order valence-electron chi connectivity index (χ4n) is 5.65. The maximum Gasteiger partial charge on any atom is 0.337 e. The van der Waals surface area contributed by atoms with Crippen molar-refractivity contribution in [2.45, 2.75) is 45.3 Å². The van der Waals surface area contributed by atoms with Crippen molar-refractivity contribution in [2.75, 3.05) is 27.9 Å². The molecule has 2 aromatic heterocycles. The monoisotopic (exact) mass is 533 g/mol. The highest BCUT2D eigenvalue weighted by Crippen LogP contribution is 2.39. The highest BCUT2D eigenvalue weighted by Gasteiger charge is 2.49. The molecule has 3 aromatic rings. The van der Waals surface area contributed by atoms with E-state index >= 15 is 0 Å². The lowest BCUT2D eigenvalue weighted by molar-refractivity contribution is -0.119. The number of aromatic nitrogens is 3. The fraction of sp³-hybridized carbons (Fsp3) is 0.370. The summed E-state index contributed by atoms with van der Waals surface area (Å²) in [4.78, 5) is 51.8. The number of benzene rings is 1. The number of carbonyl (C=O) groups excluding carboxylic acids is 3. The number of imide groups is 1. The Kier molecular flexibility index (Phi) is 5.96. The molecule has 2 saturated heterocycles. The zero-order valence-electron chi connectivity index (χ0n) is 21.6. The van der Waals surface area contributed by atoms with Crippen molar-refractivity contribution >= 4 is 35.0 Å². The first kappa shape index (κ1) is 24.8. The molecule has 11 nitrogen and oxygen atoms in total. The summed E-state index contributed by atoms with van der Waals surface area (Å²) < 4.78 is 21.4. The molecule has 12 heteroatoms. The molecule has 0 aliphatic carbocycles. The number of imidazole rings is 1. The number of hydrogen-bond acceptors (Lipinski definition) is 7. The molecule has 5 heterocycles. The lowest BCUT2D eigenvalue weighted by Gasteiger charge is -2.25. The van der Waals surface area contributed by atoms with Gasteiger partial charge in [-0.3, -0.25) is 14.5 Å². The van der Waals surface area contributed by atoms with Gasteiger partial charge in [-0.05, 0) is 43.0 Å². The van der Waals surface area contributed by atoms with E-state index in [1.165, 1.54) is 17.2 Å². The summed E-state index contributed by atoms with van der Waals surface area (Å²) in [7, 11) is 0. The molecule has 0 saturated carbocycles. The highest BCUT2D eigenvalue weighted by atomic mass is 19.1. The maximum atomic E-state index is 13.6. The van der Waals surface area contributed by atoms with Gasteiger partial charge in [0, 0.05) is 24.5 Å². The topological polar surface area (TPSA) is 127 Å². The third-order valence-electron chi connectivity index (χ3n) is 7.47. The Bertz CT molecular complexity index is 1470. The number of urea groups is 1. The van der Waals surface area contributed by atoms with Gasteiger partial charge in [-0.2, -0.15) is 4.39 Å². The minimum atomic E-state index is -0.791. The Hall–Kier alpha value is -4.48. The van der Waals surface area contributed by atoms with E-state index in [4.69, 9.17) is 15.5 Å². The Balaban J connectivity index is 1.37. The number of carbonyl (C=O) groups is 3. The van der Waals surface area contributed by atoms with E-state index in [-0.39, 0.29) is 23.6 Å². The number of hydrogen-bond donors (Lipinski definition) is 1. The normalized spacial score (nSPS) is 20.8. The standard InChI is InChI=1S/C27H28FN7O4/c1-15(2)23-26(37)34(17-6-8-21(28)30-13-17)27(38)35(23)22-14-32-10-11-39-20-12-16(5-7-18(20)25(32)31-22)33-9-3-4-19(33)24(29)36/h5-8,12-15,19,23H,3-4,9-11H2,1-2H3,(H2,29,36)/t19-,23?/m0/s1. The van der Waals surface area contributed by atoms with Crippen molar-refractivity contribution in [3.8, 4) is 17.1 Å². The molecule has 1 aromatic carbocycles. The number of halogens is 1. The Labute approximate surface area is 224 Å². The molecule has 202 valence electrons. The number of nitrogens with zero attached hydrogens (tertiary/aromatic N) is 6. The predicted molar refractivity (Wildman–Crippen MR) is 141 cm³/mol. The van der Waals surface area contributed by atoms with Gasteiger partial charge in [0.1, 0.15) is 30.3 Å². The summed E-state index contributed by atoms with van der Waals surface area (Å²) in [6.45, 7) is 5.30. The zero-order chi connectivity index (χ0) is 27.4. The number of rotatable bonds is 5. The summed E-state index contributed by atoms with van der Waals surface area (Å²) in [5, 5.41) is 0. The Morgan fingerprint density at radius 2 is 1.95 bits per heavy atom. The summed E-state index contributed by atoms with van der Waals surface area (Å²) in [5.74, 6) is -0.133. The van der Waals surface area contributed by atoms with Crippen LogP contribution in [0.2, 0.25) is 0 Å². The number of amides is 4. The molecular formula is C27H28FN7O4. The van der Waals surface area contributed by atoms with E-state index in [1.807, 2.05) is 41.5 Å². The minimum Gasteiger partial charge on any atom is -0.491 e. The summed E-state index contributed by atoms with van der Waals surface area (Å²) >= 11 is 0. The lowest BCUT2D eigenvalue weighted by Crippen LogP contribution is -2.40. The van der Waals surface area contributed by atoms with E-state index in [2.05, 4.69) is 4.98 Å². The molecule has 0 bridgehead atoms. The molecule has 2 N–H and O–H groups in total. The maximum absolute atomic E-state index is 13.6. The first-order valence-corrected chi connectivity index (χ1v) is 12.9. The molecular weight excluding hydrogens is 505 g/mol. The second-order valence-corrected chi connectivity index (χ2v) is 10.3. The molecule has 6 rings (SSSR count). The van der Waals surface area contributed by atoms with Gasteiger partial charge in [0.15, 0.2) is 5.82 Å². The first-order chi connectivity index (χ1) is 18.7.